The summed E-state index contributed by atoms with van der Waals surface area (Å²) >= 11 is 0. The standard InChI is InChI=1S/C22H24N6O2S/c1-12(13-4-5-13)28-11-15-8-14(9-18(31(3)30)19(15)22(28)29)16-10-24-21(23)20(26-16)17-6-7-25-27(17)2/h6-10,12-13H,4-5,11H2,1-3H3,(H2,23,24). The summed E-state index contributed by atoms with van der Waals surface area (Å²) in [6.07, 6.45) is 7.22. The van der Waals surface area contributed by atoms with Crippen molar-refractivity contribution in [3.63, 3.8) is 0 Å². The molecule has 0 radical (unpaired) electrons. The normalized spacial score (nSPS) is 17.6. The van der Waals surface area contributed by atoms with Crippen LogP contribution in [0.2, 0.25) is 0 Å². The second kappa shape index (κ2) is 7.26. The summed E-state index contributed by atoms with van der Waals surface area (Å²) in [5.74, 6) is 0.857. The van der Waals surface area contributed by atoms with E-state index in [0.29, 0.717) is 40.1 Å². The Labute approximate surface area is 183 Å². The van der Waals surface area contributed by atoms with Crippen molar-refractivity contribution in [3.8, 4) is 22.6 Å². The van der Waals surface area contributed by atoms with E-state index in [1.54, 1.807) is 29.4 Å². The highest BCUT2D eigenvalue weighted by Crippen LogP contribution is 2.40. The fourth-order valence-electron chi connectivity index (χ4n) is 4.31. The number of anilines is 1. The van der Waals surface area contributed by atoms with Crippen molar-refractivity contribution in [1.82, 2.24) is 24.6 Å². The minimum atomic E-state index is -1.32. The predicted octanol–water partition coefficient (Wildman–Crippen LogP) is 2.62. The number of rotatable bonds is 5. The summed E-state index contributed by atoms with van der Waals surface area (Å²) in [5, 5.41) is 4.18. The molecule has 160 valence electrons. The van der Waals surface area contributed by atoms with Gasteiger partial charge in [0.05, 0.1) is 38.8 Å². The lowest BCUT2D eigenvalue weighted by molar-refractivity contribution is 0.0695. The van der Waals surface area contributed by atoms with Gasteiger partial charge in [0.25, 0.3) is 5.91 Å². The molecule has 0 saturated heterocycles. The number of nitrogens with zero attached hydrogens (tertiary/aromatic N) is 5. The lowest BCUT2D eigenvalue weighted by Crippen LogP contribution is -2.34. The smallest absolute Gasteiger partial charge is 0.255 e. The molecule has 1 aromatic carbocycles. The van der Waals surface area contributed by atoms with Gasteiger partial charge in [0, 0.05) is 37.7 Å². The molecule has 2 unspecified atom stereocenters. The molecule has 9 heteroatoms. The number of hydrogen-bond donors (Lipinski definition) is 1. The molecular formula is C22H24N6O2S. The summed E-state index contributed by atoms with van der Waals surface area (Å²) < 4.78 is 14.3. The van der Waals surface area contributed by atoms with Crippen molar-refractivity contribution >= 4 is 22.5 Å². The molecular weight excluding hydrogens is 412 g/mol. The minimum Gasteiger partial charge on any atom is -0.382 e. The molecule has 1 aliphatic carbocycles. The SMILES string of the molecule is CC(C1CC1)N1Cc2cc(-c3cnc(N)c(-c4ccnn4C)n3)cc(S(C)=O)c2C1=O. The number of nitrogens with two attached hydrogens (primary N) is 1. The largest absolute Gasteiger partial charge is 0.382 e. The Hall–Kier alpha value is -3.07. The molecule has 1 aliphatic heterocycles. The molecule has 1 saturated carbocycles. The lowest BCUT2D eigenvalue weighted by Gasteiger charge is -2.24. The second-order valence-corrected chi connectivity index (χ2v) is 9.65. The average molecular weight is 437 g/mol. The Bertz CT molecular complexity index is 1230. The number of hydrogen-bond acceptors (Lipinski definition) is 6. The number of carbonyl (C=O) groups excluding carboxylic acids is 1. The van der Waals surface area contributed by atoms with Crippen LogP contribution in [-0.2, 0) is 24.4 Å². The number of nitrogen functional groups attached to an aromatic ring is 1. The molecule has 5 rings (SSSR count). The molecule has 2 atom stereocenters. The summed E-state index contributed by atoms with van der Waals surface area (Å²) in [4.78, 5) is 24.7. The van der Waals surface area contributed by atoms with Gasteiger partial charge in [0.2, 0.25) is 0 Å². The van der Waals surface area contributed by atoms with Crippen LogP contribution >= 0.6 is 0 Å². The number of benzene rings is 1. The van der Waals surface area contributed by atoms with Gasteiger partial charge in [-0.3, -0.25) is 13.7 Å². The highest BCUT2D eigenvalue weighted by atomic mass is 32.2. The zero-order valence-electron chi connectivity index (χ0n) is 17.7. The van der Waals surface area contributed by atoms with E-state index in [2.05, 4.69) is 17.0 Å². The number of amides is 1. The highest BCUT2D eigenvalue weighted by molar-refractivity contribution is 7.84. The van der Waals surface area contributed by atoms with Crippen LogP contribution in [0.25, 0.3) is 22.6 Å². The van der Waals surface area contributed by atoms with Crippen LogP contribution < -0.4 is 5.73 Å². The molecule has 1 amide bonds. The van der Waals surface area contributed by atoms with Crippen LogP contribution in [0.4, 0.5) is 5.82 Å². The first-order valence-corrected chi connectivity index (χ1v) is 11.8. The number of fused-ring (bicyclic) bond motifs is 1. The van der Waals surface area contributed by atoms with Crippen molar-refractivity contribution in [2.45, 2.75) is 37.2 Å². The zero-order chi connectivity index (χ0) is 21.9. The molecule has 8 nitrogen and oxygen atoms in total. The minimum absolute atomic E-state index is 0.0230. The van der Waals surface area contributed by atoms with E-state index in [1.807, 2.05) is 24.1 Å². The fourth-order valence-corrected chi connectivity index (χ4v) is 5.11. The molecule has 3 aromatic rings. The van der Waals surface area contributed by atoms with Gasteiger partial charge in [0.15, 0.2) is 5.82 Å². The van der Waals surface area contributed by atoms with Gasteiger partial charge in [-0.05, 0) is 49.4 Å². The maximum absolute atomic E-state index is 13.2. The first kappa shape index (κ1) is 19.9. The van der Waals surface area contributed by atoms with Gasteiger partial charge in [-0.25, -0.2) is 9.97 Å². The fraction of sp³-hybridized carbons (Fsp3) is 0.364. The van der Waals surface area contributed by atoms with Crippen molar-refractivity contribution in [1.29, 1.82) is 0 Å². The van der Waals surface area contributed by atoms with Gasteiger partial charge in [-0.2, -0.15) is 5.10 Å². The van der Waals surface area contributed by atoms with E-state index in [4.69, 9.17) is 10.7 Å². The summed E-state index contributed by atoms with van der Waals surface area (Å²) in [6, 6.07) is 5.78. The third kappa shape index (κ3) is 3.33. The van der Waals surface area contributed by atoms with E-state index < -0.39 is 10.8 Å². The highest BCUT2D eigenvalue weighted by Gasteiger charge is 2.40. The maximum atomic E-state index is 13.2. The van der Waals surface area contributed by atoms with Crippen LogP contribution in [0.5, 0.6) is 0 Å². The number of aromatic nitrogens is 4. The van der Waals surface area contributed by atoms with E-state index in [1.165, 1.54) is 0 Å². The summed E-state index contributed by atoms with van der Waals surface area (Å²) in [5.41, 5.74) is 10.2. The van der Waals surface area contributed by atoms with Crippen LogP contribution in [0.1, 0.15) is 35.7 Å². The van der Waals surface area contributed by atoms with Gasteiger partial charge in [-0.15, -0.1) is 0 Å². The summed E-state index contributed by atoms with van der Waals surface area (Å²) in [7, 11) is 0.501. The van der Waals surface area contributed by atoms with Gasteiger partial charge in [-0.1, -0.05) is 0 Å². The Morgan fingerprint density at radius 1 is 1.29 bits per heavy atom. The van der Waals surface area contributed by atoms with Crippen LogP contribution in [-0.4, -0.2) is 47.1 Å². The summed E-state index contributed by atoms with van der Waals surface area (Å²) in [6.45, 7) is 2.64. The third-order valence-electron chi connectivity index (χ3n) is 6.26. The molecule has 2 aliphatic rings. The molecule has 0 spiro atoms. The second-order valence-electron chi connectivity index (χ2n) is 8.30. The Morgan fingerprint density at radius 3 is 2.71 bits per heavy atom. The Kier molecular flexibility index (Phi) is 4.65. The number of carbonyl (C=O) groups is 1. The van der Waals surface area contributed by atoms with E-state index in [-0.39, 0.29) is 11.9 Å². The zero-order valence-corrected chi connectivity index (χ0v) is 18.5. The van der Waals surface area contributed by atoms with E-state index in [0.717, 1.165) is 29.7 Å². The average Bonchev–Trinajstić information content (AvgIpc) is 3.43. The van der Waals surface area contributed by atoms with Crippen LogP contribution in [0, 0.1) is 5.92 Å². The first-order chi connectivity index (χ1) is 14.8. The maximum Gasteiger partial charge on any atom is 0.255 e. The van der Waals surface area contributed by atoms with Crippen LogP contribution in [0.15, 0.2) is 35.5 Å². The molecule has 3 heterocycles. The van der Waals surface area contributed by atoms with Gasteiger partial charge >= 0.3 is 0 Å². The monoisotopic (exact) mass is 436 g/mol. The third-order valence-corrected chi connectivity index (χ3v) is 7.21. The molecule has 2 N–H and O–H groups in total. The lowest BCUT2D eigenvalue weighted by atomic mass is 10.0. The van der Waals surface area contributed by atoms with Crippen molar-refractivity contribution in [3.05, 3.63) is 41.7 Å². The topological polar surface area (TPSA) is 107 Å². The number of aryl methyl sites for hydroxylation is 1. The van der Waals surface area contributed by atoms with E-state index in [9.17, 15) is 9.00 Å². The Balaban J connectivity index is 1.60. The van der Waals surface area contributed by atoms with Crippen molar-refractivity contribution in [2.75, 3.05) is 12.0 Å². The first-order valence-electron chi connectivity index (χ1n) is 10.3. The van der Waals surface area contributed by atoms with E-state index >= 15 is 0 Å². The molecule has 0 bridgehead atoms. The van der Waals surface area contributed by atoms with Gasteiger partial charge in [0.1, 0.15) is 5.69 Å². The molecule has 31 heavy (non-hydrogen) atoms. The molecule has 2 aromatic heterocycles. The van der Waals surface area contributed by atoms with Gasteiger partial charge < -0.3 is 10.6 Å². The Morgan fingerprint density at radius 2 is 2.06 bits per heavy atom. The predicted molar refractivity (Wildman–Crippen MR) is 118 cm³/mol. The molecule has 1 fully saturated rings. The van der Waals surface area contributed by atoms with Crippen LogP contribution in [0.3, 0.4) is 0 Å². The van der Waals surface area contributed by atoms with Crippen molar-refractivity contribution < 1.29 is 9.00 Å². The van der Waals surface area contributed by atoms with Crippen molar-refractivity contribution in [2.24, 2.45) is 13.0 Å². The quantitative estimate of drug-likeness (QED) is 0.659.